The molecule has 0 spiro atoms. The first-order chi connectivity index (χ1) is 7.45. The van der Waals surface area contributed by atoms with Crippen molar-refractivity contribution in [3.05, 3.63) is 30.3 Å². The summed E-state index contributed by atoms with van der Waals surface area (Å²) < 4.78 is 0. The molecule has 0 saturated heterocycles. The Morgan fingerprint density at radius 1 is 1.31 bits per heavy atom. The second-order valence-corrected chi connectivity index (χ2v) is 4.75. The van der Waals surface area contributed by atoms with Crippen LogP contribution < -0.4 is 11.2 Å². The number of nitrogens with one attached hydrogen (secondary N) is 1. The van der Waals surface area contributed by atoms with Gasteiger partial charge in [0.25, 0.3) is 0 Å². The van der Waals surface area contributed by atoms with Gasteiger partial charge in [0.15, 0.2) is 0 Å². The van der Waals surface area contributed by atoms with Gasteiger partial charge in [-0.15, -0.1) is 0 Å². The highest BCUT2D eigenvalue weighted by molar-refractivity contribution is 5.80. The second-order valence-electron chi connectivity index (χ2n) is 4.75. The SMILES string of the molecule is CC(C)(C)[C@H](Nc1ccccc1)C(=O)ON. The molecule has 0 aliphatic heterocycles. The van der Waals surface area contributed by atoms with E-state index in [1.165, 1.54) is 0 Å². The first-order valence-corrected chi connectivity index (χ1v) is 5.17. The average Bonchev–Trinajstić information content (AvgIpc) is 2.25. The molecule has 1 aromatic rings. The zero-order valence-electron chi connectivity index (χ0n) is 9.86. The first-order valence-electron chi connectivity index (χ1n) is 5.17. The Labute approximate surface area is 95.7 Å². The Balaban J connectivity index is 2.84. The maximum atomic E-state index is 11.6. The van der Waals surface area contributed by atoms with E-state index in [0.29, 0.717) is 0 Å². The van der Waals surface area contributed by atoms with Crippen LogP contribution in [0.2, 0.25) is 0 Å². The van der Waals surface area contributed by atoms with Gasteiger partial charge >= 0.3 is 5.97 Å². The molecular weight excluding hydrogens is 204 g/mol. The Morgan fingerprint density at radius 2 is 1.88 bits per heavy atom. The van der Waals surface area contributed by atoms with Gasteiger partial charge < -0.3 is 10.2 Å². The van der Waals surface area contributed by atoms with Gasteiger partial charge in [0, 0.05) is 5.69 Å². The van der Waals surface area contributed by atoms with Gasteiger partial charge in [0.2, 0.25) is 0 Å². The van der Waals surface area contributed by atoms with Crippen LogP contribution >= 0.6 is 0 Å². The lowest BCUT2D eigenvalue weighted by atomic mass is 9.86. The van der Waals surface area contributed by atoms with Crippen molar-refractivity contribution in [1.82, 2.24) is 0 Å². The topological polar surface area (TPSA) is 64.3 Å². The summed E-state index contributed by atoms with van der Waals surface area (Å²) in [4.78, 5) is 15.9. The van der Waals surface area contributed by atoms with E-state index < -0.39 is 12.0 Å². The maximum Gasteiger partial charge on any atom is 0.347 e. The zero-order chi connectivity index (χ0) is 12.2. The van der Waals surface area contributed by atoms with E-state index in [-0.39, 0.29) is 5.41 Å². The normalized spacial score (nSPS) is 13.0. The smallest absolute Gasteiger partial charge is 0.347 e. The highest BCUT2D eigenvalue weighted by Gasteiger charge is 2.32. The Kier molecular flexibility index (Phi) is 3.90. The highest BCUT2D eigenvalue weighted by Crippen LogP contribution is 2.23. The third-order valence-corrected chi connectivity index (χ3v) is 2.30. The van der Waals surface area contributed by atoms with Gasteiger partial charge in [0.1, 0.15) is 6.04 Å². The number of nitrogens with two attached hydrogens (primary N) is 1. The van der Waals surface area contributed by atoms with E-state index in [1.54, 1.807) is 0 Å². The van der Waals surface area contributed by atoms with Gasteiger partial charge in [0.05, 0.1) is 0 Å². The molecule has 3 N–H and O–H groups in total. The van der Waals surface area contributed by atoms with Crippen molar-refractivity contribution in [3.8, 4) is 0 Å². The largest absolute Gasteiger partial charge is 0.372 e. The fraction of sp³-hybridized carbons (Fsp3) is 0.417. The number of para-hydroxylation sites is 1. The highest BCUT2D eigenvalue weighted by atomic mass is 16.7. The Hall–Kier alpha value is -1.55. The van der Waals surface area contributed by atoms with E-state index >= 15 is 0 Å². The Morgan fingerprint density at radius 3 is 2.31 bits per heavy atom. The van der Waals surface area contributed by atoms with Crippen LogP contribution in [0.5, 0.6) is 0 Å². The third kappa shape index (κ3) is 3.24. The van der Waals surface area contributed by atoms with Gasteiger partial charge in [-0.2, -0.15) is 5.90 Å². The van der Waals surface area contributed by atoms with Crippen LogP contribution in [-0.2, 0) is 9.63 Å². The minimum atomic E-state index is -0.472. The number of hydrogen-bond donors (Lipinski definition) is 2. The number of anilines is 1. The molecule has 0 saturated carbocycles. The predicted octanol–water partition coefficient (Wildman–Crippen LogP) is 1.93. The number of rotatable bonds is 3. The average molecular weight is 222 g/mol. The van der Waals surface area contributed by atoms with E-state index in [4.69, 9.17) is 5.90 Å². The summed E-state index contributed by atoms with van der Waals surface area (Å²) in [6, 6.07) is 9.02. The van der Waals surface area contributed by atoms with Crippen LogP contribution in [0.15, 0.2) is 30.3 Å². The van der Waals surface area contributed by atoms with Crippen LogP contribution in [0, 0.1) is 5.41 Å². The van der Waals surface area contributed by atoms with Crippen molar-refractivity contribution < 1.29 is 9.63 Å². The number of hydrogen-bond acceptors (Lipinski definition) is 4. The molecule has 0 aliphatic carbocycles. The fourth-order valence-corrected chi connectivity index (χ4v) is 1.40. The monoisotopic (exact) mass is 222 g/mol. The Bertz CT molecular complexity index is 344. The molecule has 16 heavy (non-hydrogen) atoms. The minimum absolute atomic E-state index is 0.272. The number of carbonyl (C=O) groups excluding carboxylic acids is 1. The summed E-state index contributed by atoms with van der Waals surface area (Å²) in [6.07, 6.45) is 0. The molecule has 4 nitrogen and oxygen atoms in total. The van der Waals surface area contributed by atoms with Crippen molar-refractivity contribution in [2.45, 2.75) is 26.8 Å². The van der Waals surface area contributed by atoms with Crippen molar-refractivity contribution in [3.63, 3.8) is 0 Å². The molecule has 0 radical (unpaired) electrons. The molecule has 1 aromatic carbocycles. The molecule has 4 heteroatoms. The molecule has 0 amide bonds. The summed E-state index contributed by atoms with van der Waals surface area (Å²) in [5.41, 5.74) is 0.597. The molecule has 0 aliphatic rings. The molecule has 0 fully saturated rings. The molecule has 1 atom stereocenters. The molecule has 0 bridgehead atoms. The van der Waals surface area contributed by atoms with Crippen LogP contribution in [-0.4, -0.2) is 12.0 Å². The minimum Gasteiger partial charge on any atom is -0.372 e. The number of carbonyl (C=O) groups is 1. The fourth-order valence-electron chi connectivity index (χ4n) is 1.40. The van der Waals surface area contributed by atoms with Crippen LogP contribution in [0.25, 0.3) is 0 Å². The second kappa shape index (κ2) is 4.99. The van der Waals surface area contributed by atoms with Crippen molar-refractivity contribution in [2.24, 2.45) is 11.3 Å². The van der Waals surface area contributed by atoms with E-state index in [2.05, 4.69) is 10.2 Å². The van der Waals surface area contributed by atoms with Crippen LogP contribution in [0.3, 0.4) is 0 Å². The quantitative estimate of drug-likeness (QED) is 0.767. The molecule has 0 unspecified atom stereocenters. The molecule has 0 heterocycles. The lowest BCUT2D eigenvalue weighted by Crippen LogP contribution is -2.43. The van der Waals surface area contributed by atoms with E-state index in [1.807, 2.05) is 51.1 Å². The van der Waals surface area contributed by atoms with E-state index in [0.717, 1.165) is 5.69 Å². The van der Waals surface area contributed by atoms with Gasteiger partial charge in [-0.3, -0.25) is 0 Å². The van der Waals surface area contributed by atoms with Crippen LogP contribution in [0.4, 0.5) is 5.69 Å². The maximum absolute atomic E-state index is 11.6. The molecular formula is C12H18N2O2. The molecule has 0 aromatic heterocycles. The number of benzene rings is 1. The predicted molar refractivity (Wildman–Crippen MR) is 63.6 cm³/mol. The standard InChI is InChI=1S/C12H18N2O2/c1-12(2,3)10(11(15)16-13)14-9-7-5-4-6-8-9/h4-8,10,14H,13H2,1-3H3/t10-/m1/s1. The molecule has 88 valence electrons. The van der Waals surface area contributed by atoms with Crippen molar-refractivity contribution >= 4 is 11.7 Å². The molecule has 1 rings (SSSR count). The first kappa shape index (κ1) is 12.5. The van der Waals surface area contributed by atoms with Crippen LogP contribution in [0.1, 0.15) is 20.8 Å². The lowest BCUT2D eigenvalue weighted by Gasteiger charge is -2.29. The van der Waals surface area contributed by atoms with Gasteiger partial charge in [-0.25, -0.2) is 4.79 Å². The summed E-state index contributed by atoms with van der Waals surface area (Å²) >= 11 is 0. The summed E-state index contributed by atoms with van der Waals surface area (Å²) in [5.74, 6) is 4.47. The summed E-state index contributed by atoms with van der Waals surface area (Å²) in [7, 11) is 0. The summed E-state index contributed by atoms with van der Waals surface area (Å²) in [5, 5.41) is 3.12. The van der Waals surface area contributed by atoms with Gasteiger partial charge in [-0.1, -0.05) is 39.0 Å². The lowest BCUT2D eigenvalue weighted by molar-refractivity contribution is -0.147. The van der Waals surface area contributed by atoms with Crippen molar-refractivity contribution in [1.29, 1.82) is 0 Å². The zero-order valence-corrected chi connectivity index (χ0v) is 9.86. The van der Waals surface area contributed by atoms with E-state index in [9.17, 15) is 4.79 Å². The summed E-state index contributed by atoms with van der Waals surface area (Å²) in [6.45, 7) is 5.85. The van der Waals surface area contributed by atoms with Crippen molar-refractivity contribution in [2.75, 3.05) is 5.32 Å². The van der Waals surface area contributed by atoms with Gasteiger partial charge in [-0.05, 0) is 17.5 Å². The third-order valence-electron chi connectivity index (χ3n) is 2.30.